The Kier molecular flexibility index (Phi) is 0.908. The van der Waals surface area contributed by atoms with E-state index >= 15 is 0 Å². The normalized spacial score (nSPS) is 36.2. The van der Waals surface area contributed by atoms with E-state index in [1.165, 1.54) is 25.3 Å². The fourth-order valence-electron chi connectivity index (χ4n) is 1.42. The summed E-state index contributed by atoms with van der Waals surface area (Å²) in [6.07, 6.45) is 8.35. The van der Waals surface area contributed by atoms with Crippen molar-refractivity contribution in [2.75, 3.05) is 0 Å². The molecule has 2 rings (SSSR count). The van der Waals surface area contributed by atoms with E-state index in [0.717, 1.165) is 6.04 Å². The molecular weight excluding hydrogens is 98.1 g/mol. The van der Waals surface area contributed by atoms with Crippen LogP contribution in [0, 0.1) is 6.04 Å². The van der Waals surface area contributed by atoms with Crippen LogP contribution in [0.3, 0.4) is 0 Å². The Labute approximate surface area is 49.8 Å². The summed E-state index contributed by atoms with van der Waals surface area (Å²) in [4.78, 5) is 0. The average molecular weight is 108 g/mol. The van der Waals surface area contributed by atoms with E-state index in [4.69, 9.17) is 0 Å². The third kappa shape index (κ3) is 0.583. The Morgan fingerprint density at radius 3 is 3.38 bits per heavy atom. The first-order valence-electron chi connectivity index (χ1n) is 3.24. The summed E-state index contributed by atoms with van der Waals surface area (Å²) in [5.41, 5.74) is 0. The Morgan fingerprint density at radius 2 is 2.62 bits per heavy atom. The van der Waals surface area contributed by atoms with Crippen LogP contribution in [0.1, 0.15) is 19.3 Å². The number of nitrogens with one attached hydrogen (secondary N) is 1. The molecule has 0 aromatic rings. The summed E-state index contributed by atoms with van der Waals surface area (Å²) < 4.78 is 0. The molecule has 2 aliphatic heterocycles. The zero-order chi connectivity index (χ0) is 5.40. The van der Waals surface area contributed by atoms with Gasteiger partial charge in [-0.05, 0) is 19.3 Å². The van der Waals surface area contributed by atoms with E-state index in [0.29, 0.717) is 0 Å². The molecule has 0 aromatic carbocycles. The molecule has 1 radical (unpaired) electrons. The summed E-state index contributed by atoms with van der Waals surface area (Å²) in [7, 11) is 0. The predicted molar refractivity (Wildman–Crippen MR) is 33.2 cm³/mol. The van der Waals surface area contributed by atoms with Crippen molar-refractivity contribution in [3.8, 4) is 0 Å². The van der Waals surface area contributed by atoms with Gasteiger partial charge in [-0.25, -0.2) is 0 Å². The molecule has 1 N–H and O–H groups in total. The summed E-state index contributed by atoms with van der Waals surface area (Å²) in [6.45, 7) is 0. The molecule has 8 heavy (non-hydrogen) atoms. The lowest BCUT2D eigenvalue weighted by Gasteiger charge is -2.12. The quantitative estimate of drug-likeness (QED) is 0.492. The predicted octanol–water partition coefficient (Wildman–Crippen LogP) is 1.23. The minimum Gasteiger partial charge on any atom is -0.303 e. The SMILES string of the molecule is C1=C[C]2CCC(C1)N2. The van der Waals surface area contributed by atoms with Gasteiger partial charge in [-0.1, -0.05) is 12.2 Å². The molecular formula is C7H10N. The summed E-state index contributed by atoms with van der Waals surface area (Å²) in [5.74, 6) is 0. The Balaban J connectivity index is 2.17. The molecule has 2 heterocycles. The van der Waals surface area contributed by atoms with Gasteiger partial charge in [-0.15, -0.1) is 0 Å². The maximum Gasteiger partial charge on any atom is 0.0588 e. The third-order valence-corrected chi connectivity index (χ3v) is 1.89. The monoisotopic (exact) mass is 108 g/mol. The highest BCUT2D eigenvalue weighted by Crippen LogP contribution is 2.25. The molecule has 43 valence electrons. The van der Waals surface area contributed by atoms with Gasteiger partial charge >= 0.3 is 0 Å². The van der Waals surface area contributed by atoms with Crippen molar-refractivity contribution in [1.29, 1.82) is 0 Å². The molecule has 1 atom stereocenters. The van der Waals surface area contributed by atoms with Gasteiger partial charge in [-0.3, -0.25) is 0 Å². The van der Waals surface area contributed by atoms with Gasteiger partial charge in [-0.2, -0.15) is 0 Å². The smallest absolute Gasteiger partial charge is 0.0588 e. The van der Waals surface area contributed by atoms with Gasteiger partial charge in [0.1, 0.15) is 0 Å². The largest absolute Gasteiger partial charge is 0.303 e. The number of fused-ring (bicyclic) bond motifs is 2. The topological polar surface area (TPSA) is 12.0 Å². The van der Waals surface area contributed by atoms with Crippen LogP contribution in [0.2, 0.25) is 0 Å². The molecule has 2 bridgehead atoms. The van der Waals surface area contributed by atoms with Crippen LogP contribution in [0.15, 0.2) is 12.2 Å². The van der Waals surface area contributed by atoms with E-state index < -0.39 is 0 Å². The van der Waals surface area contributed by atoms with E-state index in [-0.39, 0.29) is 0 Å². The minimum atomic E-state index is 0.787. The van der Waals surface area contributed by atoms with Crippen molar-refractivity contribution >= 4 is 0 Å². The van der Waals surface area contributed by atoms with Crippen LogP contribution < -0.4 is 5.32 Å². The van der Waals surface area contributed by atoms with E-state index in [1.807, 2.05) is 0 Å². The van der Waals surface area contributed by atoms with Gasteiger partial charge in [0.25, 0.3) is 0 Å². The minimum absolute atomic E-state index is 0.787. The fourth-order valence-corrected chi connectivity index (χ4v) is 1.42. The lowest BCUT2D eigenvalue weighted by atomic mass is 10.2. The zero-order valence-electron chi connectivity index (χ0n) is 4.85. The first-order chi connectivity index (χ1) is 3.95. The van der Waals surface area contributed by atoms with Crippen LogP contribution in [-0.4, -0.2) is 6.04 Å². The summed E-state index contributed by atoms with van der Waals surface area (Å²) in [5, 5.41) is 3.42. The zero-order valence-corrected chi connectivity index (χ0v) is 4.85. The average Bonchev–Trinajstić information content (AvgIpc) is 2.12. The fraction of sp³-hybridized carbons (Fsp3) is 0.571. The van der Waals surface area contributed by atoms with Gasteiger partial charge < -0.3 is 5.32 Å². The van der Waals surface area contributed by atoms with Crippen LogP contribution in [0.4, 0.5) is 0 Å². The number of hydrogen-bond acceptors (Lipinski definition) is 1. The van der Waals surface area contributed by atoms with Crippen molar-refractivity contribution in [1.82, 2.24) is 5.32 Å². The molecule has 0 amide bonds. The molecule has 0 saturated carbocycles. The Bertz CT molecular complexity index is 118. The maximum atomic E-state index is 3.42. The highest BCUT2D eigenvalue weighted by Gasteiger charge is 2.23. The van der Waals surface area contributed by atoms with Crippen LogP contribution in [0.25, 0.3) is 0 Å². The first kappa shape index (κ1) is 4.57. The van der Waals surface area contributed by atoms with Crippen molar-refractivity contribution in [2.45, 2.75) is 25.3 Å². The van der Waals surface area contributed by atoms with Crippen LogP contribution in [-0.2, 0) is 0 Å². The second-order valence-corrected chi connectivity index (χ2v) is 2.54. The lowest BCUT2D eigenvalue weighted by Crippen LogP contribution is -2.25. The Morgan fingerprint density at radius 1 is 1.62 bits per heavy atom. The molecule has 0 spiro atoms. The van der Waals surface area contributed by atoms with Crippen molar-refractivity contribution in [3.05, 3.63) is 18.2 Å². The number of hydrogen-bond donors (Lipinski definition) is 1. The second kappa shape index (κ2) is 1.59. The highest BCUT2D eigenvalue weighted by atomic mass is 15.0. The lowest BCUT2D eigenvalue weighted by molar-refractivity contribution is 0.606. The third-order valence-electron chi connectivity index (χ3n) is 1.89. The molecule has 0 aromatic heterocycles. The standard InChI is InChI=1S/C7H10N/c1-2-6-4-5-7(3-1)8-6/h1-2,7-8H,3-5H2. The molecule has 0 aliphatic carbocycles. The van der Waals surface area contributed by atoms with Crippen molar-refractivity contribution < 1.29 is 0 Å². The van der Waals surface area contributed by atoms with Gasteiger partial charge in [0.2, 0.25) is 0 Å². The summed E-state index contributed by atoms with van der Waals surface area (Å²) >= 11 is 0. The van der Waals surface area contributed by atoms with Gasteiger partial charge in [0.15, 0.2) is 0 Å². The van der Waals surface area contributed by atoms with Gasteiger partial charge in [0, 0.05) is 6.04 Å². The van der Waals surface area contributed by atoms with Crippen molar-refractivity contribution in [2.24, 2.45) is 0 Å². The molecule has 1 heteroatoms. The molecule has 1 saturated heterocycles. The second-order valence-electron chi connectivity index (χ2n) is 2.54. The molecule has 1 unspecified atom stereocenters. The van der Waals surface area contributed by atoms with Crippen molar-refractivity contribution in [3.63, 3.8) is 0 Å². The van der Waals surface area contributed by atoms with Gasteiger partial charge in [0.05, 0.1) is 6.04 Å². The van der Waals surface area contributed by atoms with E-state index in [9.17, 15) is 0 Å². The Hall–Kier alpha value is -0.300. The van der Waals surface area contributed by atoms with E-state index in [1.54, 1.807) is 0 Å². The first-order valence-corrected chi connectivity index (χ1v) is 3.24. The highest BCUT2D eigenvalue weighted by molar-refractivity contribution is 5.18. The van der Waals surface area contributed by atoms with Crippen LogP contribution in [0.5, 0.6) is 0 Å². The van der Waals surface area contributed by atoms with Crippen LogP contribution >= 0.6 is 0 Å². The molecule has 1 fully saturated rings. The van der Waals surface area contributed by atoms with E-state index in [2.05, 4.69) is 17.5 Å². The number of rotatable bonds is 0. The molecule has 2 aliphatic rings. The molecule has 1 nitrogen and oxygen atoms in total. The summed E-state index contributed by atoms with van der Waals surface area (Å²) in [6, 6.07) is 2.23. The maximum absolute atomic E-state index is 3.42.